The lowest BCUT2D eigenvalue weighted by Gasteiger charge is -2.15. The molecule has 0 radical (unpaired) electrons. The van der Waals surface area contributed by atoms with Crippen molar-refractivity contribution >= 4 is 28.2 Å². The van der Waals surface area contributed by atoms with Crippen LogP contribution in [0.4, 0.5) is 11.5 Å². The van der Waals surface area contributed by atoms with E-state index in [0.717, 1.165) is 33.6 Å². The molecule has 0 aliphatic carbocycles. The highest BCUT2D eigenvalue weighted by Gasteiger charge is 2.13. The molecular weight excluding hydrogens is 394 g/mol. The summed E-state index contributed by atoms with van der Waals surface area (Å²) in [7, 11) is 1.62. The van der Waals surface area contributed by atoms with Crippen LogP contribution >= 0.6 is 0 Å². The van der Waals surface area contributed by atoms with Gasteiger partial charge in [0.15, 0.2) is 23.0 Å². The summed E-state index contributed by atoms with van der Waals surface area (Å²) in [6, 6.07) is 11.6. The van der Waals surface area contributed by atoms with E-state index in [0.29, 0.717) is 17.3 Å². The highest BCUT2D eigenvalue weighted by molar-refractivity contribution is 5.81. The number of nitrogens with zero attached hydrogens (tertiary/aromatic N) is 5. The van der Waals surface area contributed by atoms with Crippen molar-refractivity contribution in [1.29, 1.82) is 0 Å². The maximum absolute atomic E-state index is 5.81. The summed E-state index contributed by atoms with van der Waals surface area (Å²) in [5.41, 5.74) is 4.92. The summed E-state index contributed by atoms with van der Waals surface area (Å²) in [6.45, 7) is 3.96. The number of nitrogens with one attached hydrogen (secondary N) is 2. The van der Waals surface area contributed by atoms with Crippen molar-refractivity contribution in [3.63, 3.8) is 0 Å². The second kappa shape index (κ2) is 7.60. The second-order valence-corrected chi connectivity index (χ2v) is 7.33. The highest BCUT2D eigenvalue weighted by Crippen LogP contribution is 2.33. The molecule has 0 aliphatic rings. The zero-order valence-electron chi connectivity index (χ0n) is 17.3. The van der Waals surface area contributed by atoms with Crippen LogP contribution in [-0.4, -0.2) is 43.0 Å². The Kier molecular flexibility index (Phi) is 4.62. The van der Waals surface area contributed by atoms with E-state index in [1.165, 1.54) is 0 Å². The van der Waals surface area contributed by atoms with Crippen molar-refractivity contribution < 1.29 is 9.47 Å². The van der Waals surface area contributed by atoms with Gasteiger partial charge in [-0.05, 0) is 38.1 Å². The third kappa shape index (κ3) is 3.61. The van der Waals surface area contributed by atoms with E-state index in [9.17, 15) is 0 Å². The van der Waals surface area contributed by atoms with Crippen molar-refractivity contribution in [2.45, 2.75) is 20.0 Å². The Morgan fingerprint density at radius 1 is 1.10 bits per heavy atom. The predicted octanol–water partition coefficient (Wildman–Crippen LogP) is 4.21. The first kappa shape index (κ1) is 18.9. The number of aromatic amines is 1. The summed E-state index contributed by atoms with van der Waals surface area (Å²) in [5, 5.41) is 14.1. The van der Waals surface area contributed by atoms with Crippen molar-refractivity contribution in [3.05, 3.63) is 55.0 Å². The van der Waals surface area contributed by atoms with E-state index in [1.807, 2.05) is 67.0 Å². The van der Waals surface area contributed by atoms with Crippen LogP contribution in [0.1, 0.15) is 13.8 Å². The van der Waals surface area contributed by atoms with E-state index in [1.54, 1.807) is 13.3 Å². The van der Waals surface area contributed by atoms with Gasteiger partial charge in [-0.2, -0.15) is 0 Å². The molecule has 156 valence electrons. The van der Waals surface area contributed by atoms with Crippen molar-refractivity contribution in [3.8, 4) is 22.8 Å². The molecule has 0 spiro atoms. The molecule has 0 saturated heterocycles. The number of fused-ring (bicyclic) bond motifs is 2. The number of methoxy groups -OCH3 is 1. The van der Waals surface area contributed by atoms with Crippen LogP contribution in [0, 0.1) is 0 Å². The molecule has 9 heteroatoms. The fraction of sp³-hybridized carbons (Fsp3) is 0.182. The molecule has 0 unspecified atom stereocenters. The lowest BCUT2D eigenvalue weighted by Crippen LogP contribution is -2.07. The third-order valence-corrected chi connectivity index (χ3v) is 4.78. The first-order valence-electron chi connectivity index (χ1n) is 9.87. The van der Waals surface area contributed by atoms with Crippen molar-refractivity contribution in [1.82, 2.24) is 29.8 Å². The lowest BCUT2D eigenvalue weighted by molar-refractivity contribution is 0.230. The number of hydrogen-bond donors (Lipinski definition) is 2. The number of hydrogen-bond acceptors (Lipinski definition) is 7. The van der Waals surface area contributed by atoms with Crippen LogP contribution in [0.25, 0.3) is 27.9 Å². The molecule has 5 aromatic rings. The minimum absolute atomic E-state index is 0.0537. The van der Waals surface area contributed by atoms with Gasteiger partial charge in [0.05, 0.1) is 24.4 Å². The molecule has 0 atom stereocenters. The Labute approximate surface area is 178 Å². The fourth-order valence-electron chi connectivity index (χ4n) is 3.39. The standard InChI is InChI=1S/C22H21N7O2/c1-13(2)31-19-7-5-15(11-20(19)30-3)24-21-22-23-8-9-29(22)12-18(25-21)14-4-6-16-17(10-14)27-28-26-16/h4-13H,1-3H3,(H,24,25)(H,26,27,28). The van der Waals surface area contributed by atoms with Gasteiger partial charge in [0.2, 0.25) is 0 Å². The van der Waals surface area contributed by atoms with Gasteiger partial charge >= 0.3 is 0 Å². The van der Waals surface area contributed by atoms with Gasteiger partial charge < -0.3 is 19.2 Å². The molecule has 0 bridgehead atoms. The molecule has 2 N–H and O–H groups in total. The van der Waals surface area contributed by atoms with Crippen molar-refractivity contribution in [2.75, 3.05) is 12.4 Å². The number of ether oxygens (including phenoxy) is 2. The van der Waals surface area contributed by atoms with Crippen molar-refractivity contribution in [2.24, 2.45) is 0 Å². The van der Waals surface area contributed by atoms with Gasteiger partial charge in [-0.25, -0.2) is 9.97 Å². The molecule has 2 aromatic carbocycles. The van der Waals surface area contributed by atoms with Crippen LogP contribution < -0.4 is 14.8 Å². The molecule has 0 fully saturated rings. The van der Waals surface area contributed by atoms with Crippen LogP contribution in [0.3, 0.4) is 0 Å². The van der Waals surface area contributed by atoms with Gasteiger partial charge in [0, 0.05) is 35.9 Å². The predicted molar refractivity (Wildman–Crippen MR) is 118 cm³/mol. The number of imidazole rings is 1. The molecule has 5 rings (SSSR count). The second-order valence-electron chi connectivity index (χ2n) is 7.33. The fourth-order valence-corrected chi connectivity index (χ4v) is 3.39. The smallest absolute Gasteiger partial charge is 0.180 e. The minimum Gasteiger partial charge on any atom is -0.493 e. The normalized spacial score (nSPS) is 11.4. The Balaban J connectivity index is 1.54. The maximum atomic E-state index is 5.81. The average Bonchev–Trinajstić information content (AvgIpc) is 3.43. The Hall–Kier alpha value is -4.14. The molecule has 0 saturated carbocycles. The van der Waals surface area contributed by atoms with E-state index >= 15 is 0 Å². The number of benzene rings is 2. The number of rotatable bonds is 6. The molecule has 0 amide bonds. The Bertz CT molecular complexity index is 1370. The molecule has 3 aromatic heterocycles. The SMILES string of the molecule is COc1cc(Nc2nc(-c3ccc4nn[nH]c4c3)cn3ccnc23)ccc1OC(C)C. The van der Waals surface area contributed by atoms with Crippen LogP contribution in [0.2, 0.25) is 0 Å². The van der Waals surface area contributed by atoms with Gasteiger partial charge in [0.25, 0.3) is 0 Å². The third-order valence-electron chi connectivity index (χ3n) is 4.78. The minimum atomic E-state index is 0.0537. The Morgan fingerprint density at radius 2 is 2.00 bits per heavy atom. The maximum Gasteiger partial charge on any atom is 0.180 e. The summed E-state index contributed by atoms with van der Waals surface area (Å²) in [6.07, 6.45) is 5.63. The van der Waals surface area contributed by atoms with Gasteiger partial charge in [0.1, 0.15) is 5.52 Å². The summed E-state index contributed by atoms with van der Waals surface area (Å²) >= 11 is 0. The van der Waals surface area contributed by atoms with Gasteiger partial charge in [-0.15, -0.1) is 5.10 Å². The van der Waals surface area contributed by atoms with Gasteiger partial charge in [-0.1, -0.05) is 11.3 Å². The number of H-pyrrole nitrogens is 1. The van der Waals surface area contributed by atoms with Crippen LogP contribution in [-0.2, 0) is 0 Å². The lowest BCUT2D eigenvalue weighted by atomic mass is 10.1. The van der Waals surface area contributed by atoms with E-state index < -0.39 is 0 Å². The molecule has 31 heavy (non-hydrogen) atoms. The number of anilines is 2. The zero-order chi connectivity index (χ0) is 21.4. The summed E-state index contributed by atoms with van der Waals surface area (Å²) in [5.74, 6) is 1.97. The molecular formula is C22H21N7O2. The average molecular weight is 415 g/mol. The van der Waals surface area contributed by atoms with Crippen LogP contribution in [0.5, 0.6) is 11.5 Å². The first-order chi connectivity index (χ1) is 15.1. The molecule has 0 aliphatic heterocycles. The summed E-state index contributed by atoms with van der Waals surface area (Å²) in [4.78, 5) is 9.28. The first-order valence-corrected chi connectivity index (χ1v) is 9.87. The van der Waals surface area contributed by atoms with E-state index in [2.05, 4.69) is 25.7 Å². The van der Waals surface area contributed by atoms with Crippen LogP contribution in [0.15, 0.2) is 55.0 Å². The largest absolute Gasteiger partial charge is 0.493 e. The monoisotopic (exact) mass is 415 g/mol. The topological polar surface area (TPSA) is 102 Å². The zero-order valence-corrected chi connectivity index (χ0v) is 17.3. The highest BCUT2D eigenvalue weighted by atomic mass is 16.5. The van der Waals surface area contributed by atoms with E-state index in [-0.39, 0.29) is 6.10 Å². The number of aromatic nitrogens is 6. The quantitative estimate of drug-likeness (QED) is 0.428. The molecule has 9 nitrogen and oxygen atoms in total. The summed E-state index contributed by atoms with van der Waals surface area (Å²) < 4.78 is 13.2. The Morgan fingerprint density at radius 3 is 2.84 bits per heavy atom. The van der Waals surface area contributed by atoms with Gasteiger partial charge in [-0.3, -0.25) is 5.10 Å². The van der Waals surface area contributed by atoms with E-state index in [4.69, 9.17) is 14.5 Å². The molecule has 3 heterocycles.